The van der Waals surface area contributed by atoms with Crippen LogP contribution in [0.4, 0.5) is 11.7 Å². The third-order valence-electron chi connectivity index (χ3n) is 2.70. The van der Waals surface area contributed by atoms with E-state index in [0.29, 0.717) is 17.2 Å². The average Bonchev–Trinajstić information content (AvgIpc) is 2.67. The number of aryl methyl sites for hydroxylation is 1. The summed E-state index contributed by atoms with van der Waals surface area (Å²) >= 11 is 1.53. The molecule has 0 bridgehead atoms. The monoisotopic (exact) mass is 261 g/mol. The van der Waals surface area contributed by atoms with E-state index in [-0.39, 0.29) is 11.9 Å². The predicted molar refractivity (Wildman–Crippen MR) is 70.4 cm³/mol. The zero-order valence-corrected chi connectivity index (χ0v) is 10.5. The number of carbonyl (C=O) groups is 1. The van der Waals surface area contributed by atoms with Crippen molar-refractivity contribution >= 4 is 29.4 Å². The van der Waals surface area contributed by atoms with E-state index in [1.807, 2.05) is 25.1 Å². The Hall–Kier alpha value is -1.95. The molecule has 2 aromatic rings. The summed E-state index contributed by atoms with van der Waals surface area (Å²) < 4.78 is 5.21. The van der Waals surface area contributed by atoms with Crippen molar-refractivity contribution < 1.29 is 9.21 Å². The molecule has 1 aliphatic heterocycles. The molecule has 0 saturated carbocycles. The molecular formula is C12H11N3O2S. The Kier molecular flexibility index (Phi) is 2.52. The number of nitrogens with zero attached hydrogens (tertiary/aromatic N) is 1. The lowest BCUT2D eigenvalue weighted by Crippen LogP contribution is -2.18. The number of oxazole rings is 1. The molecule has 0 aliphatic carbocycles. The number of carbonyl (C=O) groups excluding carboxylic acids is 1. The van der Waals surface area contributed by atoms with Crippen LogP contribution < -0.4 is 11.1 Å². The number of anilines is 2. The van der Waals surface area contributed by atoms with Gasteiger partial charge in [-0.05, 0) is 19.1 Å². The molecule has 1 aliphatic rings. The Morgan fingerprint density at radius 1 is 1.50 bits per heavy atom. The molecule has 2 heterocycles. The van der Waals surface area contributed by atoms with Gasteiger partial charge in [-0.15, -0.1) is 11.8 Å². The van der Waals surface area contributed by atoms with Gasteiger partial charge in [0.2, 0.25) is 5.91 Å². The number of amides is 1. The zero-order chi connectivity index (χ0) is 12.7. The van der Waals surface area contributed by atoms with Crippen molar-refractivity contribution in [2.45, 2.75) is 11.8 Å². The first-order valence-electron chi connectivity index (χ1n) is 5.43. The molecule has 6 heteroatoms. The van der Waals surface area contributed by atoms with Crippen molar-refractivity contribution in [3.63, 3.8) is 0 Å². The molecule has 0 radical (unpaired) electrons. The Labute approximate surface area is 108 Å². The minimum Gasteiger partial charge on any atom is -0.429 e. The highest BCUT2D eigenvalue weighted by atomic mass is 32.2. The van der Waals surface area contributed by atoms with E-state index in [9.17, 15) is 4.79 Å². The highest BCUT2D eigenvalue weighted by Gasteiger charge is 2.17. The van der Waals surface area contributed by atoms with Gasteiger partial charge in [0.15, 0.2) is 0 Å². The number of rotatable bonds is 1. The lowest BCUT2D eigenvalue weighted by Gasteiger charge is -2.16. The van der Waals surface area contributed by atoms with Gasteiger partial charge in [0.25, 0.3) is 6.01 Å². The van der Waals surface area contributed by atoms with Gasteiger partial charge in [0.05, 0.1) is 11.4 Å². The summed E-state index contributed by atoms with van der Waals surface area (Å²) in [5, 5.41) is 2.85. The van der Waals surface area contributed by atoms with Crippen LogP contribution in [0.5, 0.6) is 0 Å². The molecule has 0 spiro atoms. The fourth-order valence-electron chi connectivity index (χ4n) is 1.92. The van der Waals surface area contributed by atoms with Crippen molar-refractivity contribution in [2.75, 3.05) is 16.8 Å². The van der Waals surface area contributed by atoms with Crippen LogP contribution >= 0.6 is 11.8 Å². The van der Waals surface area contributed by atoms with Gasteiger partial charge in [-0.1, -0.05) is 6.07 Å². The van der Waals surface area contributed by atoms with E-state index in [1.165, 1.54) is 11.8 Å². The van der Waals surface area contributed by atoms with Gasteiger partial charge < -0.3 is 15.5 Å². The van der Waals surface area contributed by atoms with Gasteiger partial charge in [0.1, 0.15) is 11.5 Å². The van der Waals surface area contributed by atoms with E-state index in [1.54, 1.807) is 0 Å². The third-order valence-corrected chi connectivity index (χ3v) is 3.77. The summed E-state index contributed by atoms with van der Waals surface area (Å²) in [7, 11) is 0. The normalized spacial score (nSPS) is 14.2. The highest BCUT2D eigenvalue weighted by Crippen LogP contribution is 2.35. The molecule has 0 saturated heterocycles. The highest BCUT2D eigenvalue weighted by molar-refractivity contribution is 8.00. The number of nitrogens with two attached hydrogens (primary N) is 1. The van der Waals surface area contributed by atoms with Crippen LogP contribution in [0.1, 0.15) is 5.76 Å². The van der Waals surface area contributed by atoms with Gasteiger partial charge in [-0.3, -0.25) is 4.79 Å². The maximum Gasteiger partial charge on any atom is 0.292 e. The van der Waals surface area contributed by atoms with Crippen molar-refractivity contribution in [1.82, 2.24) is 4.98 Å². The first-order valence-corrected chi connectivity index (χ1v) is 6.42. The third kappa shape index (κ3) is 1.84. The Morgan fingerprint density at radius 3 is 3.06 bits per heavy atom. The minimum absolute atomic E-state index is 0.0149. The Balaban J connectivity index is 2.07. The SMILES string of the molecule is Cc1oc(N)nc1-c1ccc2c(c1)NC(=O)CS2. The maximum atomic E-state index is 11.4. The Bertz CT molecular complexity index is 636. The van der Waals surface area contributed by atoms with E-state index in [4.69, 9.17) is 10.2 Å². The summed E-state index contributed by atoms with van der Waals surface area (Å²) in [6, 6.07) is 5.97. The standard InChI is InChI=1S/C12H11N3O2S/c1-6-11(15-12(13)17-6)7-2-3-9-8(4-7)14-10(16)5-18-9/h2-4H,5H2,1H3,(H2,13,15)(H,14,16). The number of benzene rings is 1. The van der Waals surface area contributed by atoms with Crippen molar-refractivity contribution in [2.24, 2.45) is 0 Å². The number of nitrogens with one attached hydrogen (secondary N) is 1. The molecule has 1 amide bonds. The summed E-state index contributed by atoms with van der Waals surface area (Å²) in [6.07, 6.45) is 0. The van der Waals surface area contributed by atoms with Crippen LogP contribution in [0.25, 0.3) is 11.3 Å². The van der Waals surface area contributed by atoms with Gasteiger partial charge in [-0.25, -0.2) is 0 Å². The number of aromatic nitrogens is 1. The fraction of sp³-hybridized carbons (Fsp3) is 0.167. The quantitative estimate of drug-likeness (QED) is 0.823. The smallest absolute Gasteiger partial charge is 0.292 e. The molecule has 1 aromatic carbocycles. The van der Waals surface area contributed by atoms with Crippen molar-refractivity contribution in [3.8, 4) is 11.3 Å². The molecule has 3 rings (SSSR count). The molecule has 0 fully saturated rings. The number of nitrogen functional groups attached to an aromatic ring is 1. The first kappa shape index (κ1) is 11.2. The molecule has 1 aromatic heterocycles. The molecule has 5 nitrogen and oxygen atoms in total. The minimum atomic E-state index is 0.0149. The first-order chi connectivity index (χ1) is 8.63. The van der Waals surface area contributed by atoms with Gasteiger partial charge in [0, 0.05) is 10.5 Å². The van der Waals surface area contributed by atoms with Crippen LogP contribution in [0.2, 0.25) is 0 Å². The second-order valence-electron chi connectivity index (χ2n) is 4.00. The van der Waals surface area contributed by atoms with Crippen molar-refractivity contribution in [3.05, 3.63) is 24.0 Å². The molecular weight excluding hydrogens is 250 g/mol. The van der Waals surface area contributed by atoms with Crippen LogP contribution in [-0.2, 0) is 4.79 Å². The summed E-state index contributed by atoms with van der Waals surface area (Å²) in [5.74, 6) is 1.14. The van der Waals surface area contributed by atoms with Crippen LogP contribution in [0.3, 0.4) is 0 Å². The van der Waals surface area contributed by atoms with E-state index >= 15 is 0 Å². The molecule has 92 valence electrons. The van der Waals surface area contributed by atoms with Crippen LogP contribution in [0, 0.1) is 6.92 Å². The lowest BCUT2D eigenvalue weighted by atomic mass is 10.1. The Morgan fingerprint density at radius 2 is 2.33 bits per heavy atom. The topological polar surface area (TPSA) is 81.2 Å². The largest absolute Gasteiger partial charge is 0.429 e. The zero-order valence-electron chi connectivity index (χ0n) is 9.69. The average molecular weight is 261 g/mol. The second-order valence-corrected chi connectivity index (χ2v) is 5.02. The van der Waals surface area contributed by atoms with E-state index < -0.39 is 0 Å². The van der Waals surface area contributed by atoms with Gasteiger partial charge in [-0.2, -0.15) is 4.98 Å². The van der Waals surface area contributed by atoms with E-state index in [2.05, 4.69) is 10.3 Å². The molecule has 18 heavy (non-hydrogen) atoms. The molecule has 0 unspecified atom stereocenters. The fourth-order valence-corrected chi connectivity index (χ4v) is 2.70. The van der Waals surface area contributed by atoms with Gasteiger partial charge >= 0.3 is 0 Å². The second kappa shape index (κ2) is 4.06. The number of thioether (sulfide) groups is 1. The number of fused-ring (bicyclic) bond motifs is 1. The van der Waals surface area contributed by atoms with Crippen LogP contribution in [0.15, 0.2) is 27.5 Å². The summed E-state index contributed by atoms with van der Waals surface area (Å²) in [6.45, 7) is 1.81. The molecule has 3 N–H and O–H groups in total. The van der Waals surface area contributed by atoms with E-state index in [0.717, 1.165) is 16.1 Å². The molecule has 0 atom stereocenters. The van der Waals surface area contributed by atoms with Crippen LogP contribution in [-0.4, -0.2) is 16.6 Å². The lowest BCUT2D eigenvalue weighted by molar-refractivity contribution is -0.113. The maximum absolute atomic E-state index is 11.4. The summed E-state index contributed by atoms with van der Waals surface area (Å²) in [5.41, 5.74) is 7.93. The summed E-state index contributed by atoms with van der Waals surface area (Å²) in [4.78, 5) is 16.6. The number of hydrogen-bond donors (Lipinski definition) is 2. The van der Waals surface area contributed by atoms with Crippen molar-refractivity contribution in [1.29, 1.82) is 0 Å². The number of hydrogen-bond acceptors (Lipinski definition) is 5. The predicted octanol–water partition coefficient (Wildman–Crippen LogP) is 2.28.